The van der Waals surface area contributed by atoms with Gasteiger partial charge in [-0.05, 0) is 19.5 Å². The van der Waals surface area contributed by atoms with E-state index >= 15 is 0 Å². The summed E-state index contributed by atoms with van der Waals surface area (Å²) in [6, 6.07) is 5.67. The fraction of sp³-hybridized carbons (Fsp3) is 0.583. The third-order valence-electron chi connectivity index (χ3n) is 2.25. The van der Waals surface area contributed by atoms with E-state index in [0.29, 0.717) is 12.5 Å². The number of rotatable bonds is 8. The van der Waals surface area contributed by atoms with Crippen molar-refractivity contribution in [3.63, 3.8) is 0 Å². The zero-order valence-electron chi connectivity index (χ0n) is 10.1. The van der Waals surface area contributed by atoms with E-state index in [1.807, 2.05) is 18.2 Å². The number of methoxy groups -OCH3 is 1. The summed E-state index contributed by atoms with van der Waals surface area (Å²) in [5.41, 5.74) is 0. The van der Waals surface area contributed by atoms with Gasteiger partial charge < -0.3 is 14.4 Å². The molecular weight excluding hydrogens is 204 g/mol. The number of hydrogen-bond donors (Lipinski definition) is 0. The molecule has 0 unspecified atom stereocenters. The SMILES string of the molecule is COCCN(C)CCCOc1ccccn1. The molecule has 0 N–H and O–H groups in total. The maximum absolute atomic E-state index is 5.49. The Balaban J connectivity index is 2.03. The van der Waals surface area contributed by atoms with Crippen LogP contribution in [0.3, 0.4) is 0 Å². The second-order valence-corrected chi connectivity index (χ2v) is 3.67. The molecule has 1 rings (SSSR count). The van der Waals surface area contributed by atoms with Crippen molar-refractivity contribution in [2.45, 2.75) is 6.42 Å². The molecule has 1 aromatic heterocycles. The normalized spacial score (nSPS) is 10.7. The number of likely N-dealkylation sites (N-methyl/N-ethyl adjacent to an activating group) is 1. The third kappa shape index (κ3) is 5.68. The largest absolute Gasteiger partial charge is 0.478 e. The van der Waals surface area contributed by atoms with Crippen LogP contribution in [0.1, 0.15) is 6.42 Å². The van der Waals surface area contributed by atoms with Gasteiger partial charge in [-0.3, -0.25) is 0 Å². The van der Waals surface area contributed by atoms with E-state index in [9.17, 15) is 0 Å². The number of hydrogen-bond acceptors (Lipinski definition) is 4. The summed E-state index contributed by atoms with van der Waals surface area (Å²) in [6.45, 7) is 3.45. The van der Waals surface area contributed by atoms with Gasteiger partial charge in [-0.2, -0.15) is 0 Å². The van der Waals surface area contributed by atoms with Gasteiger partial charge in [0.05, 0.1) is 13.2 Å². The van der Waals surface area contributed by atoms with Crippen molar-refractivity contribution >= 4 is 0 Å². The number of pyridine rings is 1. The molecule has 90 valence electrons. The fourth-order valence-electron chi connectivity index (χ4n) is 1.30. The van der Waals surface area contributed by atoms with E-state index in [1.54, 1.807) is 13.3 Å². The molecule has 0 spiro atoms. The summed E-state index contributed by atoms with van der Waals surface area (Å²) in [6.07, 6.45) is 2.73. The van der Waals surface area contributed by atoms with Crippen LogP contribution in [0.15, 0.2) is 24.4 Å². The van der Waals surface area contributed by atoms with Gasteiger partial charge in [0.1, 0.15) is 0 Å². The third-order valence-corrected chi connectivity index (χ3v) is 2.25. The van der Waals surface area contributed by atoms with Crippen molar-refractivity contribution in [1.29, 1.82) is 0 Å². The first-order valence-electron chi connectivity index (χ1n) is 5.54. The van der Waals surface area contributed by atoms with Gasteiger partial charge in [-0.25, -0.2) is 4.98 Å². The zero-order chi connectivity index (χ0) is 11.6. The second-order valence-electron chi connectivity index (χ2n) is 3.67. The van der Waals surface area contributed by atoms with E-state index in [-0.39, 0.29) is 0 Å². The molecule has 0 aromatic carbocycles. The highest BCUT2D eigenvalue weighted by atomic mass is 16.5. The van der Waals surface area contributed by atoms with E-state index < -0.39 is 0 Å². The molecular formula is C12H20N2O2. The maximum Gasteiger partial charge on any atom is 0.213 e. The molecule has 0 radical (unpaired) electrons. The predicted molar refractivity (Wildman–Crippen MR) is 63.7 cm³/mol. The second kappa shape index (κ2) is 8.07. The standard InChI is InChI=1S/C12H20N2O2/c1-14(9-11-15-2)8-5-10-16-12-6-3-4-7-13-12/h3-4,6-7H,5,8-11H2,1-2H3. The molecule has 4 nitrogen and oxygen atoms in total. The lowest BCUT2D eigenvalue weighted by atomic mass is 10.4. The number of nitrogens with zero attached hydrogens (tertiary/aromatic N) is 2. The Kier molecular flexibility index (Phi) is 6.53. The molecule has 0 saturated heterocycles. The lowest BCUT2D eigenvalue weighted by molar-refractivity contribution is 0.156. The van der Waals surface area contributed by atoms with Crippen molar-refractivity contribution < 1.29 is 9.47 Å². The molecule has 0 atom stereocenters. The van der Waals surface area contributed by atoms with Crippen LogP contribution in [-0.4, -0.2) is 50.3 Å². The highest BCUT2D eigenvalue weighted by Gasteiger charge is 1.98. The average molecular weight is 224 g/mol. The van der Waals surface area contributed by atoms with Crippen LogP contribution >= 0.6 is 0 Å². The Morgan fingerprint density at radius 2 is 2.12 bits per heavy atom. The van der Waals surface area contributed by atoms with Crippen molar-refractivity contribution in [2.75, 3.05) is 40.5 Å². The van der Waals surface area contributed by atoms with E-state index in [0.717, 1.165) is 26.1 Å². The molecule has 4 heteroatoms. The lowest BCUT2D eigenvalue weighted by Crippen LogP contribution is -2.25. The maximum atomic E-state index is 5.49. The molecule has 16 heavy (non-hydrogen) atoms. The van der Waals surface area contributed by atoms with Crippen molar-refractivity contribution in [1.82, 2.24) is 9.88 Å². The first kappa shape index (κ1) is 12.9. The van der Waals surface area contributed by atoms with Gasteiger partial charge in [0, 0.05) is 32.5 Å². The summed E-state index contributed by atoms with van der Waals surface area (Å²) in [5.74, 6) is 0.696. The van der Waals surface area contributed by atoms with E-state index in [4.69, 9.17) is 9.47 Å². The van der Waals surface area contributed by atoms with Crippen LogP contribution < -0.4 is 4.74 Å². The minimum absolute atomic E-state index is 0.696. The Labute approximate surface area is 97.2 Å². The molecule has 0 fully saturated rings. The quantitative estimate of drug-likeness (QED) is 0.626. The van der Waals surface area contributed by atoms with Crippen LogP contribution in [0.4, 0.5) is 0 Å². The first-order chi connectivity index (χ1) is 7.83. The summed E-state index contributed by atoms with van der Waals surface area (Å²) >= 11 is 0. The van der Waals surface area contributed by atoms with Gasteiger partial charge in [0.15, 0.2) is 0 Å². The summed E-state index contributed by atoms with van der Waals surface area (Å²) in [7, 11) is 3.80. The van der Waals surface area contributed by atoms with Crippen LogP contribution in [0.5, 0.6) is 5.88 Å². The smallest absolute Gasteiger partial charge is 0.213 e. The Hall–Kier alpha value is -1.13. The van der Waals surface area contributed by atoms with Crippen molar-refractivity contribution in [3.8, 4) is 5.88 Å². The van der Waals surface area contributed by atoms with Crippen LogP contribution in [-0.2, 0) is 4.74 Å². The highest BCUT2D eigenvalue weighted by molar-refractivity contribution is 5.08. The topological polar surface area (TPSA) is 34.6 Å². The number of ether oxygens (including phenoxy) is 2. The molecule has 1 heterocycles. The van der Waals surface area contributed by atoms with Crippen LogP contribution in [0.25, 0.3) is 0 Å². The molecule has 0 amide bonds. The molecule has 0 bridgehead atoms. The molecule has 0 aliphatic carbocycles. The molecule has 0 aliphatic heterocycles. The van der Waals surface area contributed by atoms with Crippen molar-refractivity contribution in [3.05, 3.63) is 24.4 Å². The van der Waals surface area contributed by atoms with Gasteiger partial charge in [-0.1, -0.05) is 6.07 Å². The summed E-state index contributed by atoms with van der Waals surface area (Å²) < 4.78 is 10.5. The first-order valence-corrected chi connectivity index (χ1v) is 5.54. The molecule has 0 aliphatic rings. The summed E-state index contributed by atoms with van der Waals surface area (Å²) in [5, 5.41) is 0. The Morgan fingerprint density at radius 1 is 1.25 bits per heavy atom. The predicted octanol–water partition coefficient (Wildman–Crippen LogP) is 1.43. The van der Waals surface area contributed by atoms with E-state index in [2.05, 4.69) is 16.9 Å². The number of aromatic nitrogens is 1. The minimum atomic E-state index is 0.696. The molecule has 0 saturated carbocycles. The average Bonchev–Trinajstić information content (AvgIpc) is 2.33. The zero-order valence-corrected chi connectivity index (χ0v) is 10.1. The fourth-order valence-corrected chi connectivity index (χ4v) is 1.30. The molecule has 1 aromatic rings. The summed E-state index contributed by atoms with van der Waals surface area (Å²) in [4.78, 5) is 6.32. The van der Waals surface area contributed by atoms with Gasteiger partial charge in [0.2, 0.25) is 5.88 Å². The van der Waals surface area contributed by atoms with Gasteiger partial charge in [-0.15, -0.1) is 0 Å². The van der Waals surface area contributed by atoms with Crippen LogP contribution in [0, 0.1) is 0 Å². The lowest BCUT2D eigenvalue weighted by Gasteiger charge is -2.15. The highest BCUT2D eigenvalue weighted by Crippen LogP contribution is 2.03. The monoisotopic (exact) mass is 224 g/mol. The Morgan fingerprint density at radius 3 is 2.81 bits per heavy atom. The Bertz CT molecular complexity index is 267. The van der Waals surface area contributed by atoms with Gasteiger partial charge in [0.25, 0.3) is 0 Å². The minimum Gasteiger partial charge on any atom is -0.478 e. The van der Waals surface area contributed by atoms with E-state index in [1.165, 1.54) is 0 Å². The van der Waals surface area contributed by atoms with Crippen molar-refractivity contribution in [2.24, 2.45) is 0 Å². The van der Waals surface area contributed by atoms with Crippen LogP contribution in [0.2, 0.25) is 0 Å². The van der Waals surface area contributed by atoms with Gasteiger partial charge >= 0.3 is 0 Å².